The van der Waals surface area contributed by atoms with Crippen LogP contribution in [-0.4, -0.2) is 47.4 Å². The van der Waals surface area contributed by atoms with E-state index in [-0.39, 0.29) is 18.5 Å². The van der Waals surface area contributed by atoms with Crippen molar-refractivity contribution in [2.45, 2.75) is 398 Å². The lowest BCUT2D eigenvalue weighted by molar-refractivity contribution is -0.143. The van der Waals surface area contributed by atoms with Crippen molar-refractivity contribution in [3.8, 4) is 0 Å². The van der Waals surface area contributed by atoms with Gasteiger partial charge in [-0.25, -0.2) is 0 Å². The molecule has 0 aliphatic rings. The van der Waals surface area contributed by atoms with Crippen molar-refractivity contribution in [3.05, 3.63) is 24.3 Å². The van der Waals surface area contributed by atoms with Gasteiger partial charge in [-0.1, -0.05) is 340 Å². The highest BCUT2D eigenvalue weighted by Crippen LogP contribution is 2.19. The van der Waals surface area contributed by atoms with Crippen LogP contribution < -0.4 is 5.32 Å². The Labute approximate surface area is 475 Å². The maximum absolute atomic E-state index is 12.4. The third-order valence-electron chi connectivity index (χ3n) is 16.3. The highest BCUT2D eigenvalue weighted by Gasteiger charge is 2.20. The zero-order chi connectivity index (χ0) is 55.0. The van der Waals surface area contributed by atoms with E-state index in [1.54, 1.807) is 0 Å². The molecule has 76 heavy (non-hydrogen) atoms. The lowest BCUT2D eigenvalue weighted by Crippen LogP contribution is -2.45. The van der Waals surface area contributed by atoms with E-state index in [1.807, 2.05) is 0 Å². The van der Waals surface area contributed by atoms with Crippen LogP contribution in [0, 0.1) is 0 Å². The second-order valence-corrected chi connectivity index (χ2v) is 23.9. The summed E-state index contributed by atoms with van der Waals surface area (Å²) in [6, 6.07) is -0.538. The zero-order valence-corrected chi connectivity index (χ0v) is 51.5. The number of nitrogens with one attached hydrogen (secondary N) is 1. The summed E-state index contributed by atoms with van der Waals surface area (Å²) in [5.41, 5.74) is 0. The van der Waals surface area contributed by atoms with Crippen LogP contribution in [0.25, 0.3) is 0 Å². The summed E-state index contributed by atoms with van der Waals surface area (Å²) in [7, 11) is 0. The van der Waals surface area contributed by atoms with Gasteiger partial charge < -0.3 is 20.3 Å². The molecule has 0 spiro atoms. The minimum absolute atomic E-state index is 0.0185. The summed E-state index contributed by atoms with van der Waals surface area (Å²) < 4.78 is 5.51. The number of allylic oxidation sites excluding steroid dienone is 4. The predicted molar refractivity (Wildman–Crippen MR) is 333 cm³/mol. The van der Waals surface area contributed by atoms with Gasteiger partial charge in [0, 0.05) is 12.8 Å². The first-order valence-corrected chi connectivity index (χ1v) is 34.6. The number of aliphatic hydroxyl groups is 2. The van der Waals surface area contributed by atoms with E-state index >= 15 is 0 Å². The van der Waals surface area contributed by atoms with Gasteiger partial charge in [0.2, 0.25) is 5.91 Å². The van der Waals surface area contributed by atoms with Crippen molar-refractivity contribution in [2.75, 3.05) is 13.2 Å². The molecule has 0 aromatic rings. The van der Waals surface area contributed by atoms with Gasteiger partial charge in [-0.2, -0.15) is 0 Å². The van der Waals surface area contributed by atoms with Crippen LogP contribution in [0.2, 0.25) is 0 Å². The molecule has 0 fully saturated rings. The Kier molecular flexibility index (Phi) is 64.4. The van der Waals surface area contributed by atoms with Crippen LogP contribution in [0.3, 0.4) is 0 Å². The van der Waals surface area contributed by atoms with E-state index in [0.717, 1.165) is 44.9 Å². The number of aliphatic hydroxyl groups excluding tert-OH is 2. The number of carbonyl (C=O) groups excluding carboxylic acids is 2. The summed E-state index contributed by atoms with van der Waals surface area (Å²) in [5.74, 6) is -0.0168. The van der Waals surface area contributed by atoms with E-state index in [2.05, 4.69) is 43.5 Å². The molecule has 6 nitrogen and oxygen atoms in total. The van der Waals surface area contributed by atoms with Crippen LogP contribution in [0.5, 0.6) is 0 Å². The van der Waals surface area contributed by atoms with Crippen molar-refractivity contribution >= 4 is 11.9 Å². The number of rotatable bonds is 65. The summed E-state index contributed by atoms with van der Waals surface area (Å²) in [6.07, 6.45) is 82.4. The summed E-state index contributed by atoms with van der Waals surface area (Å²) in [6.45, 7) is 4.96. The van der Waals surface area contributed by atoms with Crippen molar-refractivity contribution < 1.29 is 24.5 Å². The van der Waals surface area contributed by atoms with E-state index in [0.29, 0.717) is 25.9 Å². The Balaban J connectivity index is 3.34. The van der Waals surface area contributed by atoms with Crippen molar-refractivity contribution in [2.24, 2.45) is 0 Å². The Hall–Kier alpha value is -1.66. The van der Waals surface area contributed by atoms with Crippen LogP contribution in [0.1, 0.15) is 386 Å². The molecule has 1 amide bonds. The Morgan fingerprint density at radius 1 is 0.368 bits per heavy atom. The number of hydrogen-bond donors (Lipinski definition) is 3. The first-order valence-electron chi connectivity index (χ1n) is 34.6. The second kappa shape index (κ2) is 65.9. The minimum Gasteiger partial charge on any atom is -0.466 e. The molecule has 0 aliphatic heterocycles. The van der Waals surface area contributed by atoms with Gasteiger partial charge in [-0.15, -0.1) is 0 Å². The van der Waals surface area contributed by atoms with Crippen molar-refractivity contribution in [1.82, 2.24) is 5.32 Å². The molecule has 0 aromatic carbocycles. The highest BCUT2D eigenvalue weighted by molar-refractivity contribution is 5.76. The van der Waals surface area contributed by atoms with Gasteiger partial charge in [-0.3, -0.25) is 9.59 Å². The smallest absolute Gasteiger partial charge is 0.305 e. The molecule has 0 bridgehead atoms. The largest absolute Gasteiger partial charge is 0.466 e. The van der Waals surface area contributed by atoms with Gasteiger partial charge in [-0.05, 0) is 57.8 Å². The summed E-state index contributed by atoms with van der Waals surface area (Å²) in [4.78, 5) is 24.5. The van der Waals surface area contributed by atoms with Crippen LogP contribution >= 0.6 is 0 Å². The molecule has 450 valence electrons. The van der Waals surface area contributed by atoms with Gasteiger partial charge in [0.05, 0.1) is 25.4 Å². The average Bonchev–Trinajstić information content (AvgIpc) is 3.42. The molecule has 0 saturated heterocycles. The molecule has 0 heterocycles. The predicted octanol–water partition coefficient (Wildman–Crippen LogP) is 22.1. The highest BCUT2D eigenvalue weighted by atomic mass is 16.5. The monoisotopic (exact) mass is 1070 g/mol. The SMILES string of the molecule is CCCCCCCCCCCCCCCCCCCCCC(=O)OCCCCCCCCCCC/C=C\C/C=C\CCCCCCCCCCCCCCCCCC(=O)NC(CO)C(O)CCCCCCCCCCC. The van der Waals surface area contributed by atoms with Crippen LogP contribution in [-0.2, 0) is 14.3 Å². The Bertz CT molecular complexity index is 1190. The van der Waals surface area contributed by atoms with Crippen molar-refractivity contribution in [3.63, 3.8) is 0 Å². The van der Waals surface area contributed by atoms with Gasteiger partial charge in [0.1, 0.15) is 0 Å². The Morgan fingerprint density at radius 3 is 1.00 bits per heavy atom. The van der Waals surface area contributed by atoms with Gasteiger partial charge in [0.15, 0.2) is 0 Å². The summed E-state index contributed by atoms with van der Waals surface area (Å²) >= 11 is 0. The summed E-state index contributed by atoms with van der Waals surface area (Å²) in [5, 5.41) is 23.1. The van der Waals surface area contributed by atoms with Gasteiger partial charge >= 0.3 is 5.97 Å². The van der Waals surface area contributed by atoms with E-state index in [4.69, 9.17) is 4.74 Å². The number of carbonyl (C=O) groups is 2. The first-order chi connectivity index (χ1) is 37.5. The molecule has 0 aromatic heterocycles. The topological polar surface area (TPSA) is 95.9 Å². The standard InChI is InChI=1S/C70H135NO5/c1-3-5-7-9-11-13-14-15-16-17-31-35-38-41-44-48-52-56-60-64-70(75)76-65-61-57-53-49-45-42-39-36-33-30-28-26-24-22-20-18-19-21-23-25-27-29-32-34-37-40-43-47-51-55-59-63-69(74)71-67(66-72)68(73)62-58-54-50-46-12-10-8-6-4-2/h20,22,26,28,67-68,72-73H,3-19,21,23-25,27,29-66H2,1-2H3,(H,71,74)/b22-20-,28-26-. The third kappa shape index (κ3) is 61.6. The molecule has 2 unspecified atom stereocenters. The van der Waals surface area contributed by atoms with E-state index < -0.39 is 12.1 Å². The van der Waals surface area contributed by atoms with Crippen LogP contribution in [0.4, 0.5) is 0 Å². The molecule has 0 radical (unpaired) electrons. The normalized spacial score (nSPS) is 12.6. The molecule has 0 aliphatic carbocycles. The minimum atomic E-state index is -0.661. The molecule has 0 saturated carbocycles. The molecular formula is C70H135NO5. The zero-order valence-electron chi connectivity index (χ0n) is 51.5. The molecule has 6 heteroatoms. The fourth-order valence-corrected chi connectivity index (χ4v) is 11.0. The number of unbranched alkanes of at least 4 members (excludes halogenated alkanes) is 50. The number of ether oxygens (including phenoxy) is 1. The maximum Gasteiger partial charge on any atom is 0.305 e. The quantitative estimate of drug-likeness (QED) is 0.0320. The number of esters is 1. The van der Waals surface area contributed by atoms with Crippen molar-refractivity contribution in [1.29, 1.82) is 0 Å². The average molecular weight is 1070 g/mol. The number of amides is 1. The van der Waals surface area contributed by atoms with Gasteiger partial charge in [0.25, 0.3) is 0 Å². The van der Waals surface area contributed by atoms with E-state index in [1.165, 1.54) is 308 Å². The molecule has 3 N–H and O–H groups in total. The first kappa shape index (κ1) is 74.3. The molecule has 2 atom stereocenters. The second-order valence-electron chi connectivity index (χ2n) is 23.9. The third-order valence-corrected chi connectivity index (χ3v) is 16.3. The fourth-order valence-electron chi connectivity index (χ4n) is 11.0. The fraction of sp³-hybridized carbons (Fsp3) is 0.914. The molecular weight excluding hydrogens is 935 g/mol. The Morgan fingerprint density at radius 2 is 0.658 bits per heavy atom. The lowest BCUT2D eigenvalue weighted by Gasteiger charge is -2.22. The lowest BCUT2D eigenvalue weighted by atomic mass is 10.0. The van der Waals surface area contributed by atoms with Crippen LogP contribution in [0.15, 0.2) is 24.3 Å². The number of hydrogen-bond acceptors (Lipinski definition) is 5. The maximum atomic E-state index is 12.4. The molecule has 0 rings (SSSR count). The van der Waals surface area contributed by atoms with E-state index in [9.17, 15) is 19.8 Å².